The SMILES string of the molecule is Cc1cc(C)c2op(Oc3c(C)cc(C)c(C)c3-c3c(C)c(C)cc(C)c3OP(OCc3ccccc3)OCc3ccccc3)oc3c(C)cc(C)cc3c2c1. The van der Waals surface area contributed by atoms with Gasteiger partial charge >= 0.3 is 16.8 Å². The minimum Gasteiger partial charge on any atom is -0.426 e. The molecule has 0 spiro atoms. The van der Waals surface area contributed by atoms with Crippen LogP contribution in [-0.2, 0) is 22.3 Å². The van der Waals surface area contributed by atoms with Crippen LogP contribution in [0.3, 0.4) is 0 Å². The second kappa shape index (κ2) is 16.7. The lowest BCUT2D eigenvalue weighted by molar-refractivity contribution is 0.192. The highest BCUT2D eigenvalue weighted by Gasteiger charge is 2.28. The molecule has 0 fully saturated rings. The van der Waals surface area contributed by atoms with Crippen molar-refractivity contribution < 1.29 is 26.5 Å². The van der Waals surface area contributed by atoms with E-state index in [1.807, 2.05) is 60.7 Å². The van der Waals surface area contributed by atoms with E-state index >= 15 is 0 Å². The third-order valence-electron chi connectivity index (χ3n) is 10.4. The molecule has 0 N–H and O–H groups in total. The summed E-state index contributed by atoms with van der Waals surface area (Å²) in [7, 11) is -3.79. The van der Waals surface area contributed by atoms with Gasteiger partial charge in [0.25, 0.3) is 0 Å². The molecule has 1 aromatic heterocycles. The van der Waals surface area contributed by atoms with Crippen LogP contribution < -0.4 is 9.05 Å². The van der Waals surface area contributed by atoms with E-state index in [-0.39, 0.29) is 0 Å². The largest absolute Gasteiger partial charge is 0.453 e. The standard InChI is InChI=1S/C48H50O6P2/c1-29-21-33(5)45-41(23-29)42-24-30(2)22-34(6)46(42)52-56(51-45)54-48-36(8)26-32(4)38(10)44(48)43-37(9)31(3)25-35(7)47(43)53-55(49-27-39-17-13-11-14-18-39)50-28-40-19-15-12-16-20-40/h11-26H,27-28H2,1-10H3. The van der Waals surface area contributed by atoms with E-state index in [9.17, 15) is 0 Å². The van der Waals surface area contributed by atoms with Gasteiger partial charge in [0, 0.05) is 21.9 Å². The quantitative estimate of drug-likeness (QED) is 0.122. The first-order chi connectivity index (χ1) is 26.9. The van der Waals surface area contributed by atoms with E-state index in [1.165, 1.54) is 0 Å². The summed E-state index contributed by atoms with van der Waals surface area (Å²) in [4.78, 5) is 0. The summed E-state index contributed by atoms with van der Waals surface area (Å²) in [6.45, 7) is 21.8. The summed E-state index contributed by atoms with van der Waals surface area (Å²) in [5, 5.41) is 2.02. The van der Waals surface area contributed by atoms with Gasteiger partial charge in [-0.05, 0) is 148 Å². The summed E-state index contributed by atoms with van der Waals surface area (Å²) < 4.78 is 40.6. The molecule has 0 aliphatic heterocycles. The summed E-state index contributed by atoms with van der Waals surface area (Å²) in [6.07, 6.45) is 0. The molecular formula is C48H50O6P2. The highest BCUT2D eigenvalue weighted by atomic mass is 31.2. The minimum absolute atomic E-state index is 0.345. The summed E-state index contributed by atoms with van der Waals surface area (Å²) in [5.74, 6) is 1.39. The Bertz CT molecular complexity index is 2480. The Morgan fingerprint density at radius 2 is 0.911 bits per heavy atom. The van der Waals surface area contributed by atoms with Crippen LogP contribution in [0.4, 0.5) is 0 Å². The lowest BCUT2D eigenvalue weighted by Gasteiger charge is -2.25. The Hall–Kier alpha value is -4.83. The van der Waals surface area contributed by atoms with Crippen LogP contribution in [0.15, 0.2) is 105 Å². The first-order valence-corrected chi connectivity index (χ1v) is 21.2. The Morgan fingerprint density at radius 3 is 1.38 bits per heavy atom. The molecular weight excluding hydrogens is 734 g/mol. The molecule has 288 valence electrons. The molecule has 8 heteroatoms. The molecule has 7 aromatic rings. The zero-order chi connectivity index (χ0) is 39.7. The van der Waals surface area contributed by atoms with Gasteiger partial charge in [-0.3, -0.25) is 9.05 Å². The monoisotopic (exact) mass is 784 g/mol. The first kappa shape index (κ1) is 39.4. The average molecular weight is 785 g/mol. The Labute approximate surface area is 333 Å². The average Bonchev–Trinajstić information content (AvgIpc) is 3.32. The zero-order valence-corrected chi connectivity index (χ0v) is 35.8. The zero-order valence-electron chi connectivity index (χ0n) is 34.0. The molecule has 7 rings (SSSR count). The van der Waals surface area contributed by atoms with Gasteiger partial charge < -0.3 is 17.4 Å². The highest BCUT2D eigenvalue weighted by Crippen LogP contribution is 2.53. The Balaban J connectivity index is 1.39. The van der Waals surface area contributed by atoms with Crippen molar-refractivity contribution in [2.75, 3.05) is 0 Å². The molecule has 6 nitrogen and oxygen atoms in total. The van der Waals surface area contributed by atoms with E-state index in [0.29, 0.717) is 24.7 Å². The maximum atomic E-state index is 7.08. The maximum Gasteiger partial charge on any atom is 0.453 e. The fraction of sp³-hybridized carbons (Fsp3) is 0.250. The van der Waals surface area contributed by atoms with Crippen molar-refractivity contribution in [3.8, 4) is 22.6 Å². The smallest absolute Gasteiger partial charge is 0.426 e. The number of hydrogen-bond acceptors (Lipinski definition) is 6. The van der Waals surface area contributed by atoms with Crippen molar-refractivity contribution in [1.82, 2.24) is 0 Å². The number of rotatable bonds is 11. The molecule has 0 unspecified atom stereocenters. The minimum atomic E-state index is -1.94. The maximum absolute atomic E-state index is 7.08. The van der Waals surface area contributed by atoms with Crippen molar-refractivity contribution in [3.05, 3.63) is 164 Å². The summed E-state index contributed by atoms with van der Waals surface area (Å²) in [5.41, 5.74) is 16.2. The molecule has 0 saturated carbocycles. The van der Waals surface area contributed by atoms with Gasteiger partial charge in [0.05, 0.1) is 13.2 Å². The van der Waals surface area contributed by atoms with Gasteiger partial charge in [-0.25, -0.2) is 0 Å². The van der Waals surface area contributed by atoms with Gasteiger partial charge in [0.15, 0.2) is 0 Å². The number of fused-ring (bicyclic) bond motifs is 3. The van der Waals surface area contributed by atoms with Gasteiger partial charge in [-0.2, -0.15) is 0 Å². The normalized spacial score (nSPS) is 11.5. The third-order valence-corrected chi connectivity index (χ3v) is 12.4. The van der Waals surface area contributed by atoms with Crippen LogP contribution in [0, 0.1) is 69.2 Å². The fourth-order valence-electron chi connectivity index (χ4n) is 7.36. The van der Waals surface area contributed by atoms with Crippen molar-refractivity contribution in [2.45, 2.75) is 82.5 Å². The Morgan fingerprint density at radius 1 is 0.482 bits per heavy atom. The molecule has 6 aromatic carbocycles. The van der Waals surface area contributed by atoms with Gasteiger partial charge in [0.1, 0.15) is 22.7 Å². The molecule has 0 aliphatic carbocycles. The third kappa shape index (κ3) is 8.31. The number of aryl methyl sites for hydroxylation is 8. The summed E-state index contributed by atoms with van der Waals surface area (Å²) >= 11 is 0. The highest BCUT2D eigenvalue weighted by molar-refractivity contribution is 7.42. The van der Waals surface area contributed by atoms with Crippen LogP contribution in [0.1, 0.15) is 66.8 Å². The topological polar surface area (TPSA) is 63.2 Å². The van der Waals surface area contributed by atoms with Crippen molar-refractivity contribution in [3.63, 3.8) is 0 Å². The van der Waals surface area contributed by atoms with E-state index in [0.717, 1.165) is 99.8 Å². The van der Waals surface area contributed by atoms with Crippen LogP contribution in [0.2, 0.25) is 0 Å². The predicted octanol–water partition coefficient (Wildman–Crippen LogP) is 14.9. The van der Waals surface area contributed by atoms with Gasteiger partial charge in [0.2, 0.25) is 0 Å². The van der Waals surface area contributed by atoms with Crippen molar-refractivity contribution in [1.29, 1.82) is 0 Å². The predicted molar refractivity (Wildman–Crippen MR) is 232 cm³/mol. The van der Waals surface area contributed by atoms with Crippen LogP contribution in [-0.4, -0.2) is 0 Å². The molecule has 1 heterocycles. The molecule has 0 saturated heterocycles. The van der Waals surface area contributed by atoms with E-state index < -0.39 is 16.8 Å². The second-order valence-corrected chi connectivity index (χ2v) is 17.1. The van der Waals surface area contributed by atoms with E-state index in [2.05, 4.69) is 106 Å². The van der Waals surface area contributed by atoms with Gasteiger partial charge in [-0.1, -0.05) is 84.9 Å². The van der Waals surface area contributed by atoms with E-state index in [4.69, 9.17) is 26.5 Å². The molecule has 0 aliphatic rings. The summed E-state index contributed by atoms with van der Waals surface area (Å²) in [6, 6.07) is 33.2. The lowest BCUT2D eigenvalue weighted by Crippen LogP contribution is -2.05. The molecule has 0 bridgehead atoms. The van der Waals surface area contributed by atoms with Crippen LogP contribution in [0.5, 0.6) is 11.5 Å². The van der Waals surface area contributed by atoms with Crippen LogP contribution >= 0.6 is 16.8 Å². The molecule has 0 radical (unpaired) electrons. The fourth-order valence-corrected chi connectivity index (χ4v) is 9.71. The first-order valence-electron chi connectivity index (χ1n) is 19.0. The van der Waals surface area contributed by atoms with E-state index in [1.54, 1.807) is 0 Å². The number of hydrogen-bond donors (Lipinski definition) is 0. The molecule has 56 heavy (non-hydrogen) atoms. The second-order valence-electron chi connectivity index (χ2n) is 14.9. The van der Waals surface area contributed by atoms with Crippen molar-refractivity contribution >= 4 is 38.8 Å². The lowest BCUT2D eigenvalue weighted by atomic mass is 9.87. The Kier molecular flexibility index (Phi) is 11.8. The van der Waals surface area contributed by atoms with Gasteiger partial charge in [-0.15, -0.1) is 0 Å². The van der Waals surface area contributed by atoms with Crippen molar-refractivity contribution in [2.24, 2.45) is 0 Å². The molecule has 0 amide bonds. The van der Waals surface area contributed by atoms with Crippen LogP contribution in [0.25, 0.3) is 33.1 Å². The number of benzene rings is 6. The molecule has 0 atom stereocenters.